The minimum absolute atomic E-state index is 0.652. The van der Waals surface area contributed by atoms with Crippen LogP contribution >= 0.6 is 0 Å². The summed E-state index contributed by atoms with van der Waals surface area (Å²) >= 11 is 0. The van der Waals surface area contributed by atoms with Crippen molar-refractivity contribution in [3.8, 4) is 0 Å². The molecule has 2 unspecified atom stereocenters. The summed E-state index contributed by atoms with van der Waals surface area (Å²) in [6.45, 7) is 14.4. The van der Waals surface area contributed by atoms with Crippen molar-refractivity contribution in [2.45, 2.75) is 78.7 Å². The first kappa shape index (κ1) is 16.7. The summed E-state index contributed by atoms with van der Waals surface area (Å²) < 4.78 is 0. The fraction of sp³-hybridized carbons (Fsp3) is 0.875. The van der Waals surface area contributed by atoms with Crippen LogP contribution in [0.3, 0.4) is 0 Å². The lowest BCUT2D eigenvalue weighted by Gasteiger charge is -2.28. The summed E-state index contributed by atoms with van der Waals surface area (Å²) in [6.07, 6.45) is 8.84. The first-order valence-electron chi connectivity index (χ1n) is 7.59. The number of rotatable bonds is 11. The van der Waals surface area contributed by atoms with Gasteiger partial charge in [-0.1, -0.05) is 59.1 Å². The third kappa shape index (κ3) is 7.59. The van der Waals surface area contributed by atoms with Crippen molar-refractivity contribution in [1.82, 2.24) is 5.32 Å². The molecule has 0 aromatic rings. The molecule has 0 amide bonds. The molecule has 1 heteroatoms. The predicted molar refractivity (Wildman–Crippen MR) is 79.4 cm³/mol. The zero-order valence-corrected chi connectivity index (χ0v) is 12.5. The molecule has 0 aromatic heterocycles. The molecule has 0 aliphatic heterocycles. The van der Waals surface area contributed by atoms with Gasteiger partial charge in [-0.15, -0.1) is 0 Å². The number of unbranched alkanes of at least 4 members (excludes halogenated alkanes) is 1. The highest BCUT2D eigenvalue weighted by Crippen LogP contribution is 2.22. The predicted octanol–water partition coefficient (Wildman–Crippen LogP) is 4.93. The second-order valence-electron chi connectivity index (χ2n) is 5.18. The Bertz CT molecular complexity index is 186. The van der Waals surface area contributed by atoms with Crippen LogP contribution in [0, 0.1) is 5.92 Å². The molecular weight excluding hydrogens is 206 g/mol. The molecule has 17 heavy (non-hydrogen) atoms. The normalized spacial score (nSPS) is 14.6. The first-order chi connectivity index (χ1) is 8.19. The Morgan fingerprint density at radius 3 is 2.29 bits per heavy atom. The summed E-state index contributed by atoms with van der Waals surface area (Å²) in [6, 6.07) is 0.652. The summed E-state index contributed by atoms with van der Waals surface area (Å²) in [4.78, 5) is 0. The van der Waals surface area contributed by atoms with Crippen LogP contribution in [0.2, 0.25) is 0 Å². The van der Waals surface area contributed by atoms with Crippen LogP contribution in [0.15, 0.2) is 12.2 Å². The maximum Gasteiger partial charge on any atom is 0.0132 e. The second kappa shape index (κ2) is 10.8. The van der Waals surface area contributed by atoms with Crippen LogP contribution in [0.25, 0.3) is 0 Å². The van der Waals surface area contributed by atoms with Gasteiger partial charge in [0.25, 0.3) is 0 Å². The fourth-order valence-corrected chi connectivity index (χ4v) is 2.35. The van der Waals surface area contributed by atoms with Gasteiger partial charge in [0.1, 0.15) is 0 Å². The van der Waals surface area contributed by atoms with E-state index in [1.54, 1.807) is 0 Å². The Balaban J connectivity index is 4.32. The molecule has 0 aliphatic rings. The molecule has 102 valence electrons. The van der Waals surface area contributed by atoms with Crippen LogP contribution in [-0.2, 0) is 0 Å². The van der Waals surface area contributed by atoms with Crippen LogP contribution in [-0.4, -0.2) is 12.6 Å². The minimum Gasteiger partial charge on any atom is -0.313 e. The molecule has 0 spiro atoms. The molecule has 1 nitrogen and oxygen atoms in total. The average Bonchev–Trinajstić information content (AvgIpc) is 2.35. The summed E-state index contributed by atoms with van der Waals surface area (Å²) in [5, 5.41) is 3.73. The largest absolute Gasteiger partial charge is 0.313 e. The Morgan fingerprint density at radius 1 is 1.12 bits per heavy atom. The van der Waals surface area contributed by atoms with Gasteiger partial charge in [0.05, 0.1) is 0 Å². The van der Waals surface area contributed by atoms with Crippen molar-refractivity contribution in [2.75, 3.05) is 6.54 Å². The van der Waals surface area contributed by atoms with Crippen molar-refractivity contribution in [3.63, 3.8) is 0 Å². The van der Waals surface area contributed by atoms with Crippen molar-refractivity contribution in [2.24, 2.45) is 5.92 Å². The number of hydrogen-bond acceptors (Lipinski definition) is 1. The minimum atomic E-state index is 0.652. The van der Waals surface area contributed by atoms with Crippen molar-refractivity contribution in [3.05, 3.63) is 12.2 Å². The summed E-state index contributed by atoms with van der Waals surface area (Å²) in [5.74, 6) is 0.824. The van der Waals surface area contributed by atoms with E-state index in [1.807, 2.05) is 0 Å². The number of nitrogens with one attached hydrogen (secondary N) is 1. The van der Waals surface area contributed by atoms with Gasteiger partial charge in [0, 0.05) is 6.04 Å². The van der Waals surface area contributed by atoms with E-state index in [1.165, 1.54) is 44.1 Å². The molecule has 0 saturated carbocycles. The van der Waals surface area contributed by atoms with E-state index in [0.29, 0.717) is 6.04 Å². The standard InChI is InChI=1S/C16H33N/c1-6-10-11-15(9-4)16(17-12-7-2)13-14(5)8-3/h15-17H,5-13H2,1-4H3. The lowest BCUT2D eigenvalue weighted by Crippen LogP contribution is -2.37. The van der Waals surface area contributed by atoms with Crippen molar-refractivity contribution >= 4 is 0 Å². The third-order valence-corrected chi connectivity index (χ3v) is 3.69. The van der Waals surface area contributed by atoms with E-state index < -0.39 is 0 Å². The highest BCUT2D eigenvalue weighted by atomic mass is 14.9. The Kier molecular flexibility index (Phi) is 10.6. The fourth-order valence-electron chi connectivity index (χ4n) is 2.35. The molecule has 0 rings (SSSR count). The summed E-state index contributed by atoms with van der Waals surface area (Å²) in [5.41, 5.74) is 1.40. The topological polar surface area (TPSA) is 12.0 Å². The highest BCUT2D eigenvalue weighted by Gasteiger charge is 2.19. The van der Waals surface area contributed by atoms with E-state index in [4.69, 9.17) is 0 Å². The molecule has 1 N–H and O–H groups in total. The van der Waals surface area contributed by atoms with E-state index in [9.17, 15) is 0 Å². The number of hydrogen-bond donors (Lipinski definition) is 1. The highest BCUT2D eigenvalue weighted by molar-refractivity contribution is 4.98. The van der Waals surface area contributed by atoms with Gasteiger partial charge in [0.2, 0.25) is 0 Å². The maximum atomic E-state index is 4.18. The Morgan fingerprint density at radius 2 is 1.82 bits per heavy atom. The van der Waals surface area contributed by atoms with Gasteiger partial charge in [-0.25, -0.2) is 0 Å². The van der Waals surface area contributed by atoms with Gasteiger partial charge < -0.3 is 5.32 Å². The van der Waals surface area contributed by atoms with Crippen LogP contribution in [0.1, 0.15) is 72.6 Å². The smallest absolute Gasteiger partial charge is 0.0132 e. The van der Waals surface area contributed by atoms with E-state index in [-0.39, 0.29) is 0 Å². The Hall–Kier alpha value is -0.300. The maximum absolute atomic E-state index is 4.18. The SMILES string of the molecule is C=C(CC)CC(NCCC)C(CC)CCCC. The zero-order chi connectivity index (χ0) is 13.1. The van der Waals surface area contributed by atoms with Gasteiger partial charge in [-0.2, -0.15) is 0 Å². The zero-order valence-electron chi connectivity index (χ0n) is 12.5. The quantitative estimate of drug-likeness (QED) is 0.504. The molecular formula is C16H33N. The average molecular weight is 239 g/mol. The van der Waals surface area contributed by atoms with Crippen LogP contribution < -0.4 is 5.32 Å². The lowest BCUT2D eigenvalue weighted by molar-refractivity contribution is 0.314. The second-order valence-corrected chi connectivity index (χ2v) is 5.18. The molecule has 0 aromatic carbocycles. The van der Waals surface area contributed by atoms with Gasteiger partial charge in [-0.3, -0.25) is 0 Å². The van der Waals surface area contributed by atoms with E-state index in [0.717, 1.165) is 18.9 Å². The molecule has 2 atom stereocenters. The molecule has 0 saturated heterocycles. The van der Waals surface area contributed by atoms with Gasteiger partial charge in [-0.05, 0) is 38.1 Å². The van der Waals surface area contributed by atoms with Gasteiger partial charge >= 0.3 is 0 Å². The van der Waals surface area contributed by atoms with E-state index in [2.05, 4.69) is 39.6 Å². The van der Waals surface area contributed by atoms with Gasteiger partial charge in [0.15, 0.2) is 0 Å². The van der Waals surface area contributed by atoms with Crippen molar-refractivity contribution < 1.29 is 0 Å². The van der Waals surface area contributed by atoms with Crippen LogP contribution in [0.4, 0.5) is 0 Å². The molecule has 0 bridgehead atoms. The third-order valence-electron chi connectivity index (χ3n) is 3.69. The Labute approximate surface area is 109 Å². The van der Waals surface area contributed by atoms with Crippen LogP contribution in [0.5, 0.6) is 0 Å². The molecule has 0 fully saturated rings. The lowest BCUT2D eigenvalue weighted by atomic mass is 9.87. The monoisotopic (exact) mass is 239 g/mol. The molecule has 0 radical (unpaired) electrons. The van der Waals surface area contributed by atoms with Crippen molar-refractivity contribution in [1.29, 1.82) is 0 Å². The summed E-state index contributed by atoms with van der Waals surface area (Å²) in [7, 11) is 0. The molecule has 0 heterocycles. The molecule has 0 aliphatic carbocycles. The first-order valence-corrected chi connectivity index (χ1v) is 7.59. The van der Waals surface area contributed by atoms with E-state index >= 15 is 0 Å².